The van der Waals surface area contributed by atoms with Gasteiger partial charge in [-0.05, 0) is 30.3 Å². The second kappa shape index (κ2) is 3.27. The molecule has 68 valence electrons. The zero-order valence-corrected chi connectivity index (χ0v) is 7.40. The van der Waals surface area contributed by atoms with Crippen molar-refractivity contribution < 1.29 is 4.42 Å². The van der Waals surface area contributed by atoms with Crippen LogP contribution in [0.15, 0.2) is 41.0 Å². The van der Waals surface area contributed by atoms with Crippen LogP contribution in [0.1, 0.15) is 5.56 Å². The first kappa shape index (κ1) is 8.39. The van der Waals surface area contributed by atoms with Crippen LogP contribution < -0.4 is 5.73 Å². The number of hydrogen-bond donors (Lipinski definition) is 1. The van der Waals surface area contributed by atoms with Crippen molar-refractivity contribution in [3.63, 3.8) is 0 Å². The standard InChI is InChI=1S/C11H8N2O/c12-7-8-6-9(13)3-4-10(8)11-2-1-5-14-11/h1-6H,13H2. The van der Waals surface area contributed by atoms with Gasteiger partial charge in [0, 0.05) is 11.3 Å². The maximum absolute atomic E-state index is 8.89. The van der Waals surface area contributed by atoms with E-state index in [1.807, 2.05) is 6.07 Å². The Labute approximate surface area is 81.4 Å². The topological polar surface area (TPSA) is 63.0 Å². The zero-order valence-electron chi connectivity index (χ0n) is 7.40. The summed E-state index contributed by atoms with van der Waals surface area (Å²) in [7, 11) is 0. The molecule has 0 saturated heterocycles. The molecular weight excluding hydrogens is 176 g/mol. The minimum atomic E-state index is 0.528. The summed E-state index contributed by atoms with van der Waals surface area (Å²) >= 11 is 0. The van der Waals surface area contributed by atoms with E-state index >= 15 is 0 Å². The van der Waals surface area contributed by atoms with Crippen molar-refractivity contribution in [1.82, 2.24) is 0 Å². The smallest absolute Gasteiger partial charge is 0.135 e. The molecule has 0 aliphatic carbocycles. The molecule has 0 saturated carbocycles. The SMILES string of the molecule is N#Cc1cc(N)ccc1-c1ccco1. The molecule has 0 atom stereocenters. The predicted octanol–water partition coefficient (Wildman–Crippen LogP) is 2.40. The third-order valence-electron chi connectivity index (χ3n) is 1.95. The lowest BCUT2D eigenvalue weighted by Crippen LogP contribution is -1.88. The van der Waals surface area contributed by atoms with E-state index in [0.29, 0.717) is 17.0 Å². The average molecular weight is 184 g/mol. The molecule has 0 spiro atoms. The Kier molecular flexibility index (Phi) is 1.96. The molecule has 0 radical (unpaired) electrons. The maximum atomic E-state index is 8.89. The highest BCUT2D eigenvalue weighted by Crippen LogP contribution is 2.25. The van der Waals surface area contributed by atoms with Gasteiger partial charge in [0.2, 0.25) is 0 Å². The number of anilines is 1. The average Bonchev–Trinajstić information content (AvgIpc) is 2.70. The quantitative estimate of drug-likeness (QED) is 0.692. The monoisotopic (exact) mass is 184 g/mol. The molecule has 3 heteroatoms. The molecule has 14 heavy (non-hydrogen) atoms. The highest BCUT2D eigenvalue weighted by Gasteiger charge is 2.06. The van der Waals surface area contributed by atoms with Gasteiger partial charge in [-0.1, -0.05) is 0 Å². The Morgan fingerprint density at radius 1 is 1.29 bits per heavy atom. The normalized spacial score (nSPS) is 9.64. The molecule has 2 aromatic rings. The van der Waals surface area contributed by atoms with Gasteiger partial charge in [0.15, 0.2) is 0 Å². The second-order valence-corrected chi connectivity index (χ2v) is 2.89. The molecule has 2 N–H and O–H groups in total. The van der Waals surface area contributed by atoms with E-state index in [0.717, 1.165) is 5.56 Å². The zero-order chi connectivity index (χ0) is 9.97. The van der Waals surface area contributed by atoms with Gasteiger partial charge in [0.05, 0.1) is 17.9 Å². The lowest BCUT2D eigenvalue weighted by molar-refractivity contribution is 0.582. The molecule has 1 heterocycles. The van der Waals surface area contributed by atoms with Gasteiger partial charge in [0.1, 0.15) is 5.76 Å². The van der Waals surface area contributed by atoms with Crippen molar-refractivity contribution in [3.05, 3.63) is 42.2 Å². The largest absolute Gasteiger partial charge is 0.464 e. The number of nitrogen functional groups attached to an aromatic ring is 1. The summed E-state index contributed by atoms with van der Waals surface area (Å²) in [5, 5.41) is 8.89. The number of nitrogens with zero attached hydrogens (tertiary/aromatic N) is 1. The Morgan fingerprint density at radius 3 is 2.79 bits per heavy atom. The Bertz CT molecular complexity index is 480. The number of furan rings is 1. The van der Waals surface area contributed by atoms with Gasteiger partial charge >= 0.3 is 0 Å². The minimum Gasteiger partial charge on any atom is -0.464 e. The van der Waals surface area contributed by atoms with Crippen LogP contribution in [0.25, 0.3) is 11.3 Å². The highest BCUT2D eigenvalue weighted by molar-refractivity contribution is 5.69. The highest BCUT2D eigenvalue weighted by atomic mass is 16.3. The van der Waals surface area contributed by atoms with Crippen molar-refractivity contribution in [2.24, 2.45) is 0 Å². The summed E-state index contributed by atoms with van der Waals surface area (Å²) in [6.07, 6.45) is 1.58. The summed E-state index contributed by atoms with van der Waals surface area (Å²) in [4.78, 5) is 0. The fourth-order valence-electron chi connectivity index (χ4n) is 1.30. The maximum Gasteiger partial charge on any atom is 0.135 e. The van der Waals surface area contributed by atoms with Gasteiger partial charge in [-0.2, -0.15) is 5.26 Å². The Balaban J connectivity index is 2.60. The molecular formula is C11H8N2O. The number of benzene rings is 1. The van der Waals surface area contributed by atoms with Crippen molar-refractivity contribution in [2.45, 2.75) is 0 Å². The first-order chi connectivity index (χ1) is 6.81. The third kappa shape index (κ3) is 1.34. The second-order valence-electron chi connectivity index (χ2n) is 2.89. The van der Waals surface area contributed by atoms with Gasteiger partial charge in [-0.3, -0.25) is 0 Å². The van der Waals surface area contributed by atoms with E-state index < -0.39 is 0 Å². The Hall–Kier alpha value is -2.21. The first-order valence-electron chi connectivity index (χ1n) is 4.15. The lowest BCUT2D eigenvalue weighted by Gasteiger charge is -2.00. The van der Waals surface area contributed by atoms with Crippen molar-refractivity contribution in [2.75, 3.05) is 5.73 Å². The van der Waals surface area contributed by atoms with Crippen LogP contribution in [-0.2, 0) is 0 Å². The fraction of sp³-hybridized carbons (Fsp3) is 0. The van der Waals surface area contributed by atoms with E-state index in [4.69, 9.17) is 15.4 Å². The van der Waals surface area contributed by atoms with Crippen LogP contribution in [0.5, 0.6) is 0 Å². The van der Waals surface area contributed by atoms with Crippen molar-refractivity contribution >= 4 is 5.69 Å². The summed E-state index contributed by atoms with van der Waals surface area (Å²) in [5.41, 5.74) is 7.45. The van der Waals surface area contributed by atoms with Gasteiger partial charge < -0.3 is 10.2 Å². The molecule has 1 aromatic carbocycles. The van der Waals surface area contributed by atoms with Crippen LogP contribution in [0, 0.1) is 11.3 Å². The molecule has 0 aliphatic heterocycles. The summed E-state index contributed by atoms with van der Waals surface area (Å²) < 4.78 is 5.21. The molecule has 3 nitrogen and oxygen atoms in total. The van der Waals surface area contributed by atoms with Crippen LogP contribution in [-0.4, -0.2) is 0 Å². The van der Waals surface area contributed by atoms with Gasteiger partial charge in [-0.25, -0.2) is 0 Å². The third-order valence-corrected chi connectivity index (χ3v) is 1.95. The van der Waals surface area contributed by atoms with Crippen LogP contribution in [0.2, 0.25) is 0 Å². The van der Waals surface area contributed by atoms with Gasteiger partial charge in [0.25, 0.3) is 0 Å². The van der Waals surface area contributed by atoms with Crippen LogP contribution in [0.3, 0.4) is 0 Å². The van der Waals surface area contributed by atoms with E-state index in [1.165, 1.54) is 0 Å². The first-order valence-corrected chi connectivity index (χ1v) is 4.15. The summed E-state index contributed by atoms with van der Waals surface area (Å²) in [5.74, 6) is 0.682. The minimum absolute atomic E-state index is 0.528. The number of hydrogen-bond acceptors (Lipinski definition) is 3. The molecule has 0 fully saturated rings. The molecule has 0 unspecified atom stereocenters. The molecule has 1 aromatic heterocycles. The molecule has 0 aliphatic rings. The lowest BCUT2D eigenvalue weighted by atomic mass is 10.1. The van der Waals surface area contributed by atoms with Crippen molar-refractivity contribution in [1.29, 1.82) is 5.26 Å². The van der Waals surface area contributed by atoms with Crippen molar-refractivity contribution in [3.8, 4) is 17.4 Å². The van der Waals surface area contributed by atoms with E-state index in [1.54, 1.807) is 30.5 Å². The van der Waals surface area contributed by atoms with E-state index in [9.17, 15) is 0 Å². The molecule has 0 amide bonds. The Morgan fingerprint density at radius 2 is 2.14 bits per heavy atom. The van der Waals surface area contributed by atoms with Crippen LogP contribution >= 0.6 is 0 Å². The number of nitrogens with two attached hydrogens (primary N) is 1. The molecule has 0 bridgehead atoms. The number of rotatable bonds is 1. The fourth-order valence-corrected chi connectivity index (χ4v) is 1.30. The number of nitriles is 1. The van der Waals surface area contributed by atoms with E-state index in [-0.39, 0.29) is 0 Å². The predicted molar refractivity (Wildman–Crippen MR) is 53.3 cm³/mol. The van der Waals surface area contributed by atoms with Gasteiger partial charge in [-0.15, -0.1) is 0 Å². The summed E-state index contributed by atoms with van der Waals surface area (Å²) in [6, 6.07) is 10.9. The van der Waals surface area contributed by atoms with E-state index in [2.05, 4.69) is 6.07 Å². The van der Waals surface area contributed by atoms with Crippen LogP contribution in [0.4, 0.5) is 5.69 Å². The molecule has 2 rings (SSSR count). The summed E-state index contributed by atoms with van der Waals surface area (Å²) in [6.45, 7) is 0.